The highest BCUT2D eigenvalue weighted by atomic mass is 35.5. The van der Waals surface area contributed by atoms with Crippen LogP contribution in [0.4, 0.5) is 5.95 Å². The lowest BCUT2D eigenvalue weighted by atomic mass is 10.1. The van der Waals surface area contributed by atoms with Crippen molar-refractivity contribution in [2.45, 2.75) is 45.4 Å². The van der Waals surface area contributed by atoms with Crippen LogP contribution in [-0.4, -0.2) is 44.2 Å². The maximum atomic E-state index is 13.7. The second kappa shape index (κ2) is 11.0. The highest BCUT2D eigenvalue weighted by Gasteiger charge is 2.34. The number of halogens is 1. The zero-order valence-corrected chi connectivity index (χ0v) is 21.7. The Hall–Kier alpha value is -2.98. The number of imidazole rings is 1. The van der Waals surface area contributed by atoms with E-state index in [4.69, 9.17) is 31.1 Å². The number of nitrogen functional groups attached to an aromatic ring is 1. The molecule has 0 fully saturated rings. The van der Waals surface area contributed by atoms with E-state index in [-0.39, 0.29) is 35.8 Å². The molecule has 0 saturated carbocycles. The van der Waals surface area contributed by atoms with E-state index in [1.807, 2.05) is 22.8 Å². The summed E-state index contributed by atoms with van der Waals surface area (Å²) in [4.78, 5) is 24.8. The van der Waals surface area contributed by atoms with Gasteiger partial charge in [0.15, 0.2) is 10.8 Å². The van der Waals surface area contributed by atoms with Crippen LogP contribution in [0.3, 0.4) is 0 Å². The number of benzene rings is 1. The molecule has 2 aromatic heterocycles. The zero-order valence-electron chi connectivity index (χ0n) is 20.1. The average molecular weight is 535 g/mol. The molecular formula is C23H28ClN6O5P. The standard InChI is InChI=1S/C23H28ClN6O5P/c1-14(2)34-22(31)15(3)29-36(32,35-18-7-5-4-6-8-18)33-12-16-9-10-17(11-16)30-13-26-19-20(24)27-23(25)28-21(19)30/h4-10,13-17H,11-12H2,1-3H3,(H,29,32)(H2,25,27,28)/t15-,16+,17-,36?/m0/s1. The number of nitrogens with two attached hydrogens (primary N) is 1. The van der Waals surface area contributed by atoms with Crippen molar-refractivity contribution >= 4 is 42.4 Å². The van der Waals surface area contributed by atoms with Crippen LogP contribution in [-0.2, 0) is 18.6 Å². The topological polar surface area (TPSA) is 143 Å². The first-order valence-corrected chi connectivity index (χ1v) is 13.4. The van der Waals surface area contributed by atoms with E-state index >= 15 is 0 Å². The fourth-order valence-corrected chi connectivity index (χ4v) is 5.52. The lowest BCUT2D eigenvalue weighted by molar-refractivity contribution is -0.149. The van der Waals surface area contributed by atoms with Gasteiger partial charge < -0.3 is 19.6 Å². The summed E-state index contributed by atoms with van der Waals surface area (Å²) in [6.45, 7) is 5.10. The van der Waals surface area contributed by atoms with Gasteiger partial charge in [0.2, 0.25) is 5.95 Å². The van der Waals surface area contributed by atoms with E-state index in [0.717, 1.165) is 0 Å². The van der Waals surface area contributed by atoms with Gasteiger partial charge >= 0.3 is 13.7 Å². The minimum Gasteiger partial charge on any atom is -0.462 e. The molecule has 192 valence electrons. The second-order valence-corrected chi connectivity index (χ2v) is 10.7. The Kier molecular flexibility index (Phi) is 7.94. The molecule has 0 spiro atoms. The third kappa shape index (κ3) is 6.22. The molecule has 36 heavy (non-hydrogen) atoms. The molecule has 13 heteroatoms. The number of hydrogen-bond donors (Lipinski definition) is 2. The normalized spacial score (nSPS) is 19.9. The fourth-order valence-electron chi connectivity index (χ4n) is 3.75. The minimum absolute atomic E-state index is 0.0614. The van der Waals surface area contributed by atoms with Gasteiger partial charge in [-0.05, 0) is 39.3 Å². The predicted octanol–water partition coefficient (Wildman–Crippen LogP) is 4.31. The van der Waals surface area contributed by atoms with Crippen LogP contribution in [0.15, 0.2) is 48.8 Å². The summed E-state index contributed by atoms with van der Waals surface area (Å²) in [5, 5.41) is 2.89. The maximum Gasteiger partial charge on any atom is 0.459 e. The van der Waals surface area contributed by atoms with E-state index < -0.39 is 19.8 Å². The Morgan fingerprint density at radius 1 is 1.25 bits per heavy atom. The summed E-state index contributed by atoms with van der Waals surface area (Å²) in [5.41, 5.74) is 6.75. The molecule has 1 aliphatic rings. The smallest absolute Gasteiger partial charge is 0.459 e. The number of esters is 1. The summed E-state index contributed by atoms with van der Waals surface area (Å²) >= 11 is 6.14. The lowest BCUT2D eigenvalue weighted by Gasteiger charge is -2.24. The van der Waals surface area contributed by atoms with E-state index in [0.29, 0.717) is 23.3 Å². The van der Waals surface area contributed by atoms with Crippen molar-refractivity contribution in [1.82, 2.24) is 24.6 Å². The van der Waals surface area contributed by atoms with Gasteiger partial charge in [-0.3, -0.25) is 9.32 Å². The fraction of sp³-hybridized carbons (Fsp3) is 0.391. The molecule has 0 aliphatic heterocycles. The minimum atomic E-state index is -3.94. The predicted molar refractivity (Wildman–Crippen MR) is 135 cm³/mol. The molecular weight excluding hydrogens is 507 g/mol. The number of fused-ring (bicyclic) bond motifs is 1. The van der Waals surface area contributed by atoms with Gasteiger partial charge in [-0.15, -0.1) is 0 Å². The summed E-state index contributed by atoms with van der Waals surface area (Å²) in [6, 6.07) is 7.62. The first-order chi connectivity index (χ1) is 17.1. The number of ether oxygens (including phenoxy) is 1. The molecule has 4 atom stereocenters. The maximum absolute atomic E-state index is 13.7. The van der Waals surface area contributed by atoms with Gasteiger partial charge in [-0.1, -0.05) is 42.0 Å². The van der Waals surface area contributed by atoms with Crippen LogP contribution in [0.5, 0.6) is 5.75 Å². The number of carbonyl (C=O) groups excluding carboxylic acids is 1. The molecule has 0 saturated heterocycles. The number of carbonyl (C=O) groups is 1. The van der Waals surface area contributed by atoms with Crippen molar-refractivity contribution < 1.29 is 23.1 Å². The second-order valence-electron chi connectivity index (χ2n) is 8.68. The molecule has 11 nitrogen and oxygen atoms in total. The van der Waals surface area contributed by atoms with Crippen LogP contribution in [0.1, 0.15) is 33.2 Å². The number of aromatic nitrogens is 4. The summed E-state index contributed by atoms with van der Waals surface area (Å²) in [5.74, 6) is -0.240. The van der Waals surface area contributed by atoms with Gasteiger partial charge in [0, 0.05) is 5.92 Å². The zero-order chi connectivity index (χ0) is 25.9. The Morgan fingerprint density at radius 2 is 2.00 bits per heavy atom. The first kappa shape index (κ1) is 26.1. The van der Waals surface area contributed by atoms with Crippen LogP contribution >= 0.6 is 19.3 Å². The summed E-state index contributed by atoms with van der Waals surface area (Å²) in [7, 11) is -3.94. The van der Waals surface area contributed by atoms with Crippen molar-refractivity contribution in [1.29, 1.82) is 0 Å². The molecule has 0 bridgehead atoms. The van der Waals surface area contributed by atoms with E-state index in [2.05, 4.69) is 20.0 Å². The first-order valence-electron chi connectivity index (χ1n) is 11.4. The third-order valence-electron chi connectivity index (χ3n) is 5.39. The van der Waals surface area contributed by atoms with Crippen LogP contribution in [0.2, 0.25) is 5.15 Å². The molecule has 4 rings (SSSR count). The van der Waals surface area contributed by atoms with E-state index in [1.54, 1.807) is 51.4 Å². The number of nitrogens with one attached hydrogen (secondary N) is 1. The highest BCUT2D eigenvalue weighted by molar-refractivity contribution is 7.52. The van der Waals surface area contributed by atoms with Gasteiger partial charge in [0.1, 0.15) is 17.3 Å². The Bertz CT molecular complexity index is 1300. The highest BCUT2D eigenvalue weighted by Crippen LogP contribution is 2.46. The molecule has 2 heterocycles. The number of allylic oxidation sites excluding steroid dienone is 1. The molecule has 1 unspecified atom stereocenters. The third-order valence-corrected chi connectivity index (χ3v) is 7.29. The van der Waals surface area contributed by atoms with E-state index in [1.165, 1.54) is 0 Å². The van der Waals surface area contributed by atoms with Crippen LogP contribution < -0.4 is 15.3 Å². The van der Waals surface area contributed by atoms with Gasteiger partial charge in [0.05, 0.1) is 25.1 Å². The average Bonchev–Trinajstić information content (AvgIpc) is 3.45. The largest absolute Gasteiger partial charge is 0.462 e. The quantitative estimate of drug-likeness (QED) is 0.167. The number of anilines is 1. The van der Waals surface area contributed by atoms with Crippen molar-refractivity contribution in [3.05, 3.63) is 54.0 Å². The Labute approximate surface area is 213 Å². The molecule has 0 radical (unpaired) electrons. The molecule has 1 aliphatic carbocycles. The Morgan fingerprint density at radius 3 is 2.72 bits per heavy atom. The van der Waals surface area contributed by atoms with Crippen LogP contribution in [0.25, 0.3) is 11.2 Å². The van der Waals surface area contributed by atoms with E-state index in [9.17, 15) is 9.36 Å². The molecule has 0 amide bonds. The van der Waals surface area contributed by atoms with Crippen molar-refractivity contribution in [3.8, 4) is 5.75 Å². The van der Waals surface area contributed by atoms with Gasteiger partial charge in [0.25, 0.3) is 0 Å². The molecule has 3 aromatic rings. The van der Waals surface area contributed by atoms with Crippen LogP contribution in [0, 0.1) is 5.92 Å². The lowest BCUT2D eigenvalue weighted by Crippen LogP contribution is -2.36. The number of rotatable bonds is 10. The number of nitrogens with zero attached hydrogens (tertiary/aromatic N) is 4. The summed E-state index contributed by atoms with van der Waals surface area (Å²) in [6.07, 6.45) is 5.90. The molecule has 1 aromatic carbocycles. The number of hydrogen-bond acceptors (Lipinski definition) is 9. The van der Waals surface area contributed by atoms with Crippen molar-refractivity contribution in [2.24, 2.45) is 5.92 Å². The summed E-state index contributed by atoms with van der Waals surface area (Å²) < 4.78 is 32.2. The SMILES string of the molecule is CC(C)OC(=O)[C@H](C)NP(=O)(OC[C@@H]1C=C[C@H](n2cnc3c(Cl)nc(N)nc32)C1)Oc1ccccc1. The van der Waals surface area contributed by atoms with Gasteiger partial charge in [-0.2, -0.15) is 15.1 Å². The van der Waals surface area contributed by atoms with Crippen molar-refractivity contribution in [3.63, 3.8) is 0 Å². The number of para-hydroxylation sites is 1. The molecule has 3 N–H and O–H groups in total. The van der Waals surface area contributed by atoms with Gasteiger partial charge in [-0.25, -0.2) is 9.55 Å². The Balaban J connectivity index is 1.45. The van der Waals surface area contributed by atoms with Crippen molar-refractivity contribution in [2.75, 3.05) is 12.3 Å². The monoisotopic (exact) mass is 534 g/mol.